The lowest BCUT2D eigenvalue weighted by Crippen LogP contribution is -2.33. The molecule has 5 heteroatoms. The number of nitrogens with zero attached hydrogens (tertiary/aromatic N) is 2. The highest BCUT2D eigenvalue weighted by atomic mass is 16.5. The number of hydrogen-bond donors (Lipinski definition) is 1. The van der Waals surface area contributed by atoms with Gasteiger partial charge in [0.05, 0.1) is 23.6 Å². The molecule has 0 saturated carbocycles. The molecule has 5 nitrogen and oxygen atoms in total. The minimum absolute atomic E-state index is 0.0970. The van der Waals surface area contributed by atoms with Crippen molar-refractivity contribution in [2.75, 3.05) is 0 Å². The number of rotatable bonds is 4. The fourth-order valence-electron chi connectivity index (χ4n) is 3.42. The molecule has 1 aromatic heterocycles. The number of para-hydroxylation sites is 2. The van der Waals surface area contributed by atoms with Gasteiger partial charge in [0.1, 0.15) is 11.9 Å². The van der Waals surface area contributed by atoms with E-state index in [2.05, 4.69) is 10.6 Å². The van der Waals surface area contributed by atoms with E-state index in [0.29, 0.717) is 19.4 Å². The Kier molecular flexibility index (Phi) is 4.24. The summed E-state index contributed by atoms with van der Waals surface area (Å²) in [4.78, 5) is 16.3. The monoisotopic (exact) mass is 336 g/mol. The van der Waals surface area contributed by atoms with E-state index in [1.165, 1.54) is 0 Å². The molecule has 2 heterocycles. The number of benzene rings is 2. The Morgan fingerprint density at radius 2 is 1.88 bits per heavy atom. The fraction of sp³-hybridized carbons (Fsp3) is 0.300. The summed E-state index contributed by atoms with van der Waals surface area (Å²) in [6.45, 7) is 0.676. The van der Waals surface area contributed by atoms with E-state index >= 15 is 0 Å². The number of hydrogen-bond acceptors (Lipinski definition) is 4. The second kappa shape index (κ2) is 6.69. The van der Waals surface area contributed by atoms with Crippen LogP contribution in [0.25, 0.3) is 22.4 Å². The molecule has 1 aliphatic heterocycles. The maximum absolute atomic E-state index is 11.5. The van der Waals surface area contributed by atoms with Crippen molar-refractivity contribution in [3.05, 3.63) is 54.6 Å². The van der Waals surface area contributed by atoms with Gasteiger partial charge in [-0.05, 0) is 12.1 Å². The van der Waals surface area contributed by atoms with Crippen LogP contribution in [0.4, 0.5) is 0 Å². The molecule has 3 aromatic rings. The number of fused-ring (bicyclic) bond motifs is 1. The van der Waals surface area contributed by atoms with E-state index < -0.39 is 6.10 Å². The van der Waals surface area contributed by atoms with Gasteiger partial charge in [-0.3, -0.25) is 4.79 Å². The van der Waals surface area contributed by atoms with Gasteiger partial charge < -0.3 is 14.4 Å². The average molecular weight is 336 g/mol. The third-order valence-electron chi connectivity index (χ3n) is 4.60. The van der Waals surface area contributed by atoms with Crippen molar-refractivity contribution in [1.82, 2.24) is 9.55 Å². The summed E-state index contributed by atoms with van der Waals surface area (Å²) < 4.78 is 7.55. The Balaban J connectivity index is 1.65. The number of aryl methyl sites for hydroxylation is 1. The Morgan fingerprint density at radius 3 is 2.68 bits per heavy atom. The third-order valence-corrected chi connectivity index (χ3v) is 4.60. The number of carbonyl (C=O) groups excluding carboxylic acids is 1. The molecule has 0 amide bonds. The van der Waals surface area contributed by atoms with Gasteiger partial charge >= 0.3 is 5.97 Å². The average Bonchev–Trinajstić information content (AvgIpc) is 2.98. The maximum Gasteiger partial charge on any atom is 0.308 e. The number of aromatic nitrogens is 2. The summed E-state index contributed by atoms with van der Waals surface area (Å²) in [6.07, 6.45) is 0.405. The second-order valence-electron chi connectivity index (χ2n) is 6.44. The van der Waals surface area contributed by atoms with Crippen molar-refractivity contribution >= 4 is 17.0 Å². The minimum Gasteiger partial charge on any atom is -0.462 e. The number of carbonyl (C=O) groups is 1. The molecule has 0 radical (unpaired) electrons. The molecular weight excluding hydrogens is 316 g/mol. The van der Waals surface area contributed by atoms with Crippen molar-refractivity contribution in [1.29, 1.82) is 0 Å². The van der Waals surface area contributed by atoms with Crippen molar-refractivity contribution in [3.63, 3.8) is 0 Å². The van der Waals surface area contributed by atoms with Crippen LogP contribution >= 0.6 is 0 Å². The standard InChI is InChI=1S/C20H20N2O3/c23-15-12-16(25-19(24)13-15)10-11-22-18-9-5-4-8-17(18)21-20(22)14-6-2-1-3-7-14/h1-9,15-16,23H,10-13H2. The maximum atomic E-state index is 11.5. The Bertz CT molecular complexity index is 888. The zero-order valence-corrected chi connectivity index (χ0v) is 13.8. The van der Waals surface area contributed by atoms with Gasteiger partial charge in [0.15, 0.2) is 0 Å². The van der Waals surface area contributed by atoms with Crippen LogP contribution in [-0.2, 0) is 16.1 Å². The van der Waals surface area contributed by atoms with E-state index in [9.17, 15) is 9.90 Å². The first kappa shape index (κ1) is 15.8. The lowest BCUT2D eigenvalue weighted by atomic mass is 10.0. The largest absolute Gasteiger partial charge is 0.462 e. The summed E-state index contributed by atoms with van der Waals surface area (Å²) in [5.41, 5.74) is 3.06. The molecule has 0 aliphatic carbocycles. The van der Waals surface area contributed by atoms with Crippen LogP contribution in [0.1, 0.15) is 19.3 Å². The van der Waals surface area contributed by atoms with Crippen molar-refractivity contribution in [3.8, 4) is 11.4 Å². The Labute approximate surface area is 145 Å². The van der Waals surface area contributed by atoms with Crippen LogP contribution in [-0.4, -0.2) is 32.8 Å². The summed E-state index contributed by atoms with van der Waals surface area (Å²) in [5.74, 6) is 0.590. The number of cyclic esters (lactones) is 1. The van der Waals surface area contributed by atoms with E-state index in [4.69, 9.17) is 9.72 Å². The molecule has 4 rings (SSSR count). The molecule has 1 fully saturated rings. The van der Waals surface area contributed by atoms with Crippen LogP contribution in [0.2, 0.25) is 0 Å². The quantitative estimate of drug-likeness (QED) is 0.743. The van der Waals surface area contributed by atoms with Crippen LogP contribution < -0.4 is 0 Å². The zero-order chi connectivity index (χ0) is 17.2. The minimum atomic E-state index is -0.598. The number of ether oxygens (including phenoxy) is 1. The smallest absolute Gasteiger partial charge is 0.308 e. The Hall–Kier alpha value is -2.66. The number of aliphatic hydroxyl groups excluding tert-OH is 1. The molecule has 25 heavy (non-hydrogen) atoms. The molecule has 1 aliphatic rings. The summed E-state index contributed by atoms with van der Waals surface area (Å²) in [5, 5.41) is 9.79. The third kappa shape index (κ3) is 3.28. The van der Waals surface area contributed by atoms with Crippen LogP contribution in [0.5, 0.6) is 0 Å². The topological polar surface area (TPSA) is 64.3 Å². The SMILES string of the molecule is O=C1CC(O)CC(CCn2c(-c3ccccc3)nc3ccccc32)O1. The molecule has 2 atom stereocenters. The van der Waals surface area contributed by atoms with Crippen LogP contribution in [0.15, 0.2) is 54.6 Å². The van der Waals surface area contributed by atoms with Crippen LogP contribution in [0, 0.1) is 0 Å². The highest BCUT2D eigenvalue weighted by Crippen LogP contribution is 2.26. The van der Waals surface area contributed by atoms with E-state index in [0.717, 1.165) is 22.4 Å². The number of aliphatic hydroxyl groups is 1. The summed E-state index contributed by atoms with van der Waals surface area (Å²) in [6, 6.07) is 18.1. The van der Waals surface area contributed by atoms with Crippen LogP contribution in [0.3, 0.4) is 0 Å². The van der Waals surface area contributed by atoms with Gasteiger partial charge in [-0.25, -0.2) is 4.98 Å². The fourth-order valence-corrected chi connectivity index (χ4v) is 3.42. The van der Waals surface area contributed by atoms with Gasteiger partial charge in [-0.2, -0.15) is 0 Å². The number of imidazole rings is 1. The second-order valence-corrected chi connectivity index (χ2v) is 6.44. The van der Waals surface area contributed by atoms with E-state index in [-0.39, 0.29) is 18.5 Å². The predicted octanol–water partition coefficient (Wildman–Crippen LogP) is 3.16. The molecule has 2 aromatic carbocycles. The first-order valence-corrected chi connectivity index (χ1v) is 8.59. The molecule has 1 N–H and O–H groups in total. The normalized spacial score (nSPS) is 20.6. The van der Waals surface area contributed by atoms with Crippen molar-refractivity contribution in [2.24, 2.45) is 0 Å². The lowest BCUT2D eigenvalue weighted by Gasteiger charge is -2.26. The first-order valence-electron chi connectivity index (χ1n) is 8.59. The summed E-state index contributed by atoms with van der Waals surface area (Å²) >= 11 is 0. The number of esters is 1. The highest BCUT2D eigenvalue weighted by molar-refractivity contribution is 5.80. The van der Waals surface area contributed by atoms with E-state index in [1.807, 2.05) is 48.5 Å². The molecular formula is C20H20N2O3. The molecule has 0 bridgehead atoms. The van der Waals surface area contributed by atoms with Gasteiger partial charge in [-0.15, -0.1) is 0 Å². The molecule has 1 saturated heterocycles. The highest BCUT2D eigenvalue weighted by Gasteiger charge is 2.27. The van der Waals surface area contributed by atoms with Gasteiger partial charge in [0.2, 0.25) is 0 Å². The predicted molar refractivity (Wildman–Crippen MR) is 94.9 cm³/mol. The van der Waals surface area contributed by atoms with Crippen molar-refractivity contribution < 1.29 is 14.6 Å². The van der Waals surface area contributed by atoms with Gasteiger partial charge in [0.25, 0.3) is 0 Å². The Morgan fingerprint density at radius 1 is 1.12 bits per heavy atom. The van der Waals surface area contributed by atoms with Crippen molar-refractivity contribution in [2.45, 2.75) is 38.0 Å². The van der Waals surface area contributed by atoms with Gasteiger partial charge in [0, 0.05) is 24.9 Å². The molecule has 2 unspecified atom stereocenters. The summed E-state index contributed by atoms with van der Waals surface area (Å²) in [7, 11) is 0. The van der Waals surface area contributed by atoms with E-state index in [1.54, 1.807) is 0 Å². The lowest BCUT2D eigenvalue weighted by molar-refractivity contribution is -0.160. The molecule has 0 spiro atoms. The molecule has 128 valence electrons. The first-order chi connectivity index (χ1) is 12.2. The van der Waals surface area contributed by atoms with Gasteiger partial charge in [-0.1, -0.05) is 42.5 Å². The zero-order valence-electron chi connectivity index (χ0n) is 13.8.